The number of amidine groups is 1. The van der Waals surface area contributed by atoms with E-state index >= 15 is 0 Å². The van der Waals surface area contributed by atoms with Crippen molar-refractivity contribution in [3.63, 3.8) is 0 Å². The molecule has 4 aliphatic heterocycles. The van der Waals surface area contributed by atoms with Crippen molar-refractivity contribution in [3.8, 4) is 0 Å². The molecular formula is C19H28N4O2S. The van der Waals surface area contributed by atoms with Gasteiger partial charge in [-0.15, -0.1) is 0 Å². The van der Waals surface area contributed by atoms with Crippen molar-refractivity contribution in [1.29, 1.82) is 0 Å². The lowest BCUT2D eigenvalue weighted by atomic mass is 9.73. The van der Waals surface area contributed by atoms with E-state index in [9.17, 15) is 9.59 Å². The Bertz CT molecular complexity index is 662. The SMILES string of the molecule is CCN1C[C@]2(CCCN(C(=O)CC3=CSC4=NCCCN34)C2)CCC1=O. The van der Waals surface area contributed by atoms with Crippen LogP contribution >= 0.6 is 11.8 Å². The number of hydrogen-bond donors (Lipinski definition) is 0. The Labute approximate surface area is 159 Å². The molecule has 0 aromatic heterocycles. The Morgan fingerprint density at radius 3 is 3.00 bits per heavy atom. The number of piperidine rings is 2. The second-order valence-electron chi connectivity index (χ2n) is 7.90. The Morgan fingerprint density at radius 2 is 2.15 bits per heavy atom. The van der Waals surface area contributed by atoms with Gasteiger partial charge in [0, 0.05) is 56.8 Å². The van der Waals surface area contributed by atoms with Gasteiger partial charge in [-0.2, -0.15) is 0 Å². The Balaban J connectivity index is 1.40. The Hall–Kier alpha value is -1.50. The van der Waals surface area contributed by atoms with Crippen LogP contribution < -0.4 is 0 Å². The summed E-state index contributed by atoms with van der Waals surface area (Å²) in [5.41, 5.74) is 1.21. The molecule has 6 nitrogen and oxygen atoms in total. The summed E-state index contributed by atoms with van der Waals surface area (Å²) in [6, 6.07) is 0. The third-order valence-electron chi connectivity index (χ3n) is 6.14. The maximum absolute atomic E-state index is 13.0. The van der Waals surface area contributed by atoms with Crippen LogP contribution in [0.2, 0.25) is 0 Å². The molecule has 2 saturated heterocycles. The van der Waals surface area contributed by atoms with Crippen LogP contribution in [-0.2, 0) is 9.59 Å². The normalized spacial score (nSPS) is 29.0. The fraction of sp³-hybridized carbons (Fsp3) is 0.737. The minimum Gasteiger partial charge on any atom is -0.342 e. The molecule has 0 bridgehead atoms. The summed E-state index contributed by atoms with van der Waals surface area (Å²) in [5.74, 6) is 0.495. The third-order valence-corrected chi connectivity index (χ3v) is 7.09. The molecule has 0 N–H and O–H groups in total. The van der Waals surface area contributed by atoms with Gasteiger partial charge in [-0.05, 0) is 38.0 Å². The molecule has 26 heavy (non-hydrogen) atoms. The van der Waals surface area contributed by atoms with Crippen LogP contribution in [-0.4, -0.2) is 71.0 Å². The predicted molar refractivity (Wildman–Crippen MR) is 104 cm³/mol. The Kier molecular flexibility index (Phi) is 4.99. The summed E-state index contributed by atoms with van der Waals surface area (Å²) in [5, 5.41) is 3.15. The molecule has 1 spiro atoms. The quantitative estimate of drug-likeness (QED) is 0.758. The van der Waals surface area contributed by atoms with Crippen molar-refractivity contribution >= 4 is 28.7 Å². The van der Waals surface area contributed by atoms with E-state index in [4.69, 9.17) is 0 Å². The average molecular weight is 377 g/mol. The first kappa shape index (κ1) is 17.9. The highest BCUT2D eigenvalue weighted by molar-refractivity contribution is 8.16. The molecule has 142 valence electrons. The van der Waals surface area contributed by atoms with Gasteiger partial charge in [0.05, 0.1) is 6.42 Å². The lowest BCUT2D eigenvalue weighted by molar-refractivity contribution is -0.142. The first-order valence-corrected chi connectivity index (χ1v) is 10.7. The van der Waals surface area contributed by atoms with Crippen molar-refractivity contribution in [3.05, 3.63) is 11.1 Å². The zero-order chi connectivity index (χ0) is 18.1. The zero-order valence-corrected chi connectivity index (χ0v) is 16.4. The van der Waals surface area contributed by atoms with Crippen molar-refractivity contribution in [2.24, 2.45) is 10.4 Å². The second kappa shape index (κ2) is 7.25. The van der Waals surface area contributed by atoms with Gasteiger partial charge in [-0.1, -0.05) is 11.8 Å². The molecule has 0 aromatic rings. The molecule has 0 aromatic carbocycles. The first-order valence-electron chi connectivity index (χ1n) is 9.83. The predicted octanol–water partition coefficient (Wildman–Crippen LogP) is 2.28. The van der Waals surface area contributed by atoms with Gasteiger partial charge in [0.15, 0.2) is 5.17 Å². The molecular weight excluding hydrogens is 348 g/mol. The number of thioether (sulfide) groups is 1. The lowest BCUT2D eigenvalue weighted by Crippen LogP contribution is -2.55. The molecule has 2 fully saturated rings. The van der Waals surface area contributed by atoms with Crippen LogP contribution in [0.5, 0.6) is 0 Å². The number of aliphatic imine (C=N–C) groups is 1. The van der Waals surface area contributed by atoms with Crippen LogP contribution in [0.4, 0.5) is 0 Å². The summed E-state index contributed by atoms with van der Waals surface area (Å²) < 4.78 is 0. The molecule has 7 heteroatoms. The van der Waals surface area contributed by atoms with Gasteiger partial charge in [-0.25, -0.2) is 0 Å². The summed E-state index contributed by atoms with van der Waals surface area (Å²) in [4.78, 5) is 35.8. The fourth-order valence-electron chi connectivity index (χ4n) is 4.68. The maximum Gasteiger partial charge on any atom is 0.228 e. The van der Waals surface area contributed by atoms with Crippen molar-refractivity contribution in [1.82, 2.24) is 14.7 Å². The molecule has 0 unspecified atom stereocenters. The Morgan fingerprint density at radius 1 is 1.27 bits per heavy atom. The minimum atomic E-state index is 0.106. The van der Waals surface area contributed by atoms with Crippen LogP contribution in [0, 0.1) is 5.41 Å². The van der Waals surface area contributed by atoms with E-state index in [-0.39, 0.29) is 17.2 Å². The van der Waals surface area contributed by atoms with Gasteiger partial charge in [0.25, 0.3) is 0 Å². The van der Waals surface area contributed by atoms with Crippen molar-refractivity contribution < 1.29 is 9.59 Å². The van der Waals surface area contributed by atoms with Crippen molar-refractivity contribution in [2.75, 3.05) is 39.3 Å². The van der Waals surface area contributed by atoms with Crippen molar-refractivity contribution in [2.45, 2.75) is 45.4 Å². The number of amides is 2. The number of carbonyl (C=O) groups excluding carboxylic acids is 2. The van der Waals surface area contributed by atoms with Gasteiger partial charge in [-0.3, -0.25) is 14.6 Å². The monoisotopic (exact) mass is 376 g/mol. The molecule has 4 rings (SSSR count). The number of likely N-dealkylation sites (tertiary alicyclic amines) is 2. The largest absolute Gasteiger partial charge is 0.342 e. The molecule has 2 amide bonds. The second-order valence-corrected chi connectivity index (χ2v) is 8.74. The standard InChI is InChI=1S/C19H28N4O2S/c1-2-21-13-19(7-5-16(21)24)6-3-9-22(14-19)17(25)11-15-12-26-18-20-8-4-10-23(15)18/h12H,2-11,13-14H2,1H3/t19-/m0/s1. The lowest BCUT2D eigenvalue weighted by Gasteiger charge is -2.48. The molecule has 0 radical (unpaired) electrons. The zero-order valence-electron chi connectivity index (χ0n) is 15.6. The number of nitrogens with zero attached hydrogens (tertiary/aromatic N) is 4. The topological polar surface area (TPSA) is 56.2 Å². The number of hydrogen-bond acceptors (Lipinski definition) is 5. The third kappa shape index (κ3) is 3.38. The van der Waals surface area contributed by atoms with E-state index in [1.54, 1.807) is 11.8 Å². The summed E-state index contributed by atoms with van der Waals surface area (Å²) >= 11 is 1.65. The van der Waals surface area contributed by atoms with E-state index in [2.05, 4.69) is 20.2 Å². The molecule has 4 heterocycles. The number of carbonyl (C=O) groups is 2. The van der Waals surface area contributed by atoms with Crippen LogP contribution in [0.25, 0.3) is 0 Å². The molecule has 1 atom stereocenters. The van der Waals surface area contributed by atoms with E-state index in [0.29, 0.717) is 12.8 Å². The number of fused-ring (bicyclic) bond motifs is 1. The summed E-state index contributed by atoms with van der Waals surface area (Å²) in [7, 11) is 0. The van der Waals surface area contributed by atoms with E-state index in [1.807, 2.05) is 11.8 Å². The van der Waals surface area contributed by atoms with Gasteiger partial charge >= 0.3 is 0 Å². The highest BCUT2D eigenvalue weighted by atomic mass is 32.2. The summed E-state index contributed by atoms with van der Waals surface area (Å²) in [6.07, 6.45) is 5.25. The fourth-order valence-corrected chi connectivity index (χ4v) is 5.64. The minimum absolute atomic E-state index is 0.106. The highest BCUT2D eigenvalue weighted by Crippen LogP contribution is 2.39. The van der Waals surface area contributed by atoms with Gasteiger partial charge < -0.3 is 14.7 Å². The average Bonchev–Trinajstić information content (AvgIpc) is 3.07. The van der Waals surface area contributed by atoms with E-state index in [0.717, 1.165) is 75.8 Å². The van der Waals surface area contributed by atoms with Crippen LogP contribution in [0.15, 0.2) is 16.1 Å². The van der Waals surface area contributed by atoms with Gasteiger partial charge in [0.1, 0.15) is 0 Å². The molecule has 0 saturated carbocycles. The smallest absolute Gasteiger partial charge is 0.228 e. The molecule has 4 aliphatic rings. The highest BCUT2D eigenvalue weighted by Gasteiger charge is 2.42. The maximum atomic E-state index is 13.0. The van der Waals surface area contributed by atoms with Gasteiger partial charge in [0.2, 0.25) is 11.8 Å². The van der Waals surface area contributed by atoms with Crippen LogP contribution in [0.3, 0.4) is 0 Å². The van der Waals surface area contributed by atoms with E-state index in [1.165, 1.54) is 0 Å². The summed E-state index contributed by atoms with van der Waals surface area (Å²) in [6.45, 7) is 7.16. The van der Waals surface area contributed by atoms with E-state index < -0.39 is 0 Å². The number of rotatable bonds is 3. The van der Waals surface area contributed by atoms with Crippen LogP contribution in [0.1, 0.15) is 45.4 Å². The molecule has 0 aliphatic carbocycles. The first-order chi connectivity index (χ1) is 12.6.